The molecular formula is C12H11BrClNS. The van der Waals surface area contributed by atoms with E-state index in [1.165, 1.54) is 9.75 Å². The summed E-state index contributed by atoms with van der Waals surface area (Å²) in [6.45, 7) is 4.14. The van der Waals surface area contributed by atoms with Crippen LogP contribution >= 0.6 is 38.9 Å². The smallest absolute Gasteiger partial charge is 0.0642 e. The monoisotopic (exact) mass is 315 g/mol. The van der Waals surface area contributed by atoms with E-state index in [0.29, 0.717) is 10.7 Å². The van der Waals surface area contributed by atoms with Gasteiger partial charge in [0.25, 0.3) is 0 Å². The number of nitrogens with two attached hydrogens (primary N) is 1. The van der Waals surface area contributed by atoms with E-state index in [2.05, 4.69) is 28.9 Å². The van der Waals surface area contributed by atoms with Gasteiger partial charge in [-0.2, -0.15) is 0 Å². The molecule has 0 saturated heterocycles. The van der Waals surface area contributed by atoms with E-state index in [4.69, 9.17) is 17.3 Å². The van der Waals surface area contributed by atoms with Crippen LogP contribution in [0, 0.1) is 13.8 Å². The van der Waals surface area contributed by atoms with Gasteiger partial charge in [-0.3, -0.25) is 0 Å². The van der Waals surface area contributed by atoms with Crippen LogP contribution in [-0.2, 0) is 0 Å². The second-order valence-corrected chi connectivity index (χ2v) is 6.24. The van der Waals surface area contributed by atoms with Crippen LogP contribution < -0.4 is 5.73 Å². The fourth-order valence-electron chi connectivity index (χ4n) is 1.62. The minimum atomic E-state index is 0.610. The van der Waals surface area contributed by atoms with Gasteiger partial charge in [0, 0.05) is 14.2 Å². The highest BCUT2D eigenvalue weighted by molar-refractivity contribution is 9.10. The predicted octanol–water partition coefficient (Wildman–Crippen LogP) is 5.03. The molecular weight excluding hydrogens is 306 g/mol. The number of hydrogen-bond acceptors (Lipinski definition) is 2. The van der Waals surface area contributed by atoms with E-state index in [1.807, 2.05) is 19.1 Å². The Morgan fingerprint density at radius 3 is 2.50 bits per heavy atom. The number of thiophene rings is 1. The molecule has 2 aromatic rings. The first-order valence-electron chi connectivity index (χ1n) is 4.81. The van der Waals surface area contributed by atoms with Gasteiger partial charge in [0.1, 0.15) is 0 Å². The summed E-state index contributed by atoms with van der Waals surface area (Å²) in [4.78, 5) is 2.48. The molecule has 0 spiro atoms. The summed E-state index contributed by atoms with van der Waals surface area (Å²) >= 11 is 11.4. The van der Waals surface area contributed by atoms with Crippen molar-refractivity contribution in [3.63, 3.8) is 0 Å². The van der Waals surface area contributed by atoms with E-state index < -0.39 is 0 Å². The maximum absolute atomic E-state index is 6.06. The van der Waals surface area contributed by atoms with Crippen molar-refractivity contribution < 1.29 is 0 Å². The number of rotatable bonds is 1. The Balaban J connectivity index is 2.64. The minimum Gasteiger partial charge on any atom is -0.398 e. The van der Waals surface area contributed by atoms with Gasteiger partial charge < -0.3 is 5.73 Å². The third-order valence-corrected chi connectivity index (χ3v) is 4.70. The SMILES string of the molecule is Cc1cc(Br)c(-c2cc(Cl)c(N)cc2C)s1. The van der Waals surface area contributed by atoms with Crippen LogP contribution in [0.25, 0.3) is 10.4 Å². The molecule has 0 radical (unpaired) electrons. The minimum absolute atomic E-state index is 0.610. The number of benzene rings is 1. The fourth-order valence-corrected chi connectivity index (χ4v) is 3.72. The third-order valence-electron chi connectivity index (χ3n) is 2.40. The Bertz CT molecular complexity index is 548. The van der Waals surface area contributed by atoms with E-state index in [-0.39, 0.29) is 0 Å². The molecule has 1 aromatic carbocycles. The summed E-state index contributed by atoms with van der Waals surface area (Å²) in [5, 5.41) is 0.610. The maximum Gasteiger partial charge on any atom is 0.0642 e. The second kappa shape index (κ2) is 4.40. The van der Waals surface area contributed by atoms with Crippen LogP contribution in [-0.4, -0.2) is 0 Å². The van der Waals surface area contributed by atoms with Gasteiger partial charge in [0.2, 0.25) is 0 Å². The van der Waals surface area contributed by atoms with Crippen molar-refractivity contribution in [2.75, 3.05) is 5.73 Å². The third kappa shape index (κ3) is 2.12. The molecule has 0 unspecified atom stereocenters. The molecule has 0 amide bonds. The Morgan fingerprint density at radius 2 is 1.94 bits per heavy atom. The number of nitrogen functional groups attached to an aromatic ring is 1. The molecule has 0 atom stereocenters. The van der Waals surface area contributed by atoms with Crippen molar-refractivity contribution in [1.29, 1.82) is 0 Å². The summed E-state index contributed by atoms with van der Waals surface area (Å²) in [6, 6.07) is 5.96. The van der Waals surface area contributed by atoms with Gasteiger partial charge in [-0.05, 0) is 59.1 Å². The molecule has 16 heavy (non-hydrogen) atoms. The average Bonchev–Trinajstić information content (AvgIpc) is 2.51. The van der Waals surface area contributed by atoms with Gasteiger partial charge in [0.15, 0.2) is 0 Å². The topological polar surface area (TPSA) is 26.0 Å². The zero-order valence-corrected chi connectivity index (χ0v) is 12.1. The van der Waals surface area contributed by atoms with Crippen molar-refractivity contribution in [3.8, 4) is 10.4 Å². The maximum atomic E-state index is 6.06. The van der Waals surface area contributed by atoms with Crippen molar-refractivity contribution in [2.24, 2.45) is 0 Å². The first kappa shape index (κ1) is 12.0. The number of anilines is 1. The van der Waals surface area contributed by atoms with Crippen molar-refractivity contribution >= 4 is 44.6 Å². The summed E-state index contributed by atoms with van der Waals surface area (Å²) in [5.41, 5.74) is 8.69. The number of aryl methyl sites for hydroxylation is 2. The Labute approximate surface area is 112 Å². The fraction of sp³-hybridized carbons (Fsp3) is 0.167. The molecule has 2 N–H and O–H groups in total. The lowest BCUT2D eigenvalue weighted by molar-refractivity contribution is 1.47. The molecule has 0 aliphatic heterocycles. The lowest BCUT2D eigenvalue weighted by atomic mass is 10.1. The van der Waals surface area contributed by atoms with Gasteiger partial charge in [-0.15, -0.1) is 11.3 Å². The summed E-state index contributed by atoms with van der Waals surface area (Å²) < 4.78 is 1.11. The molecule has 1 aromatic heterocycles. The first-order valence-corrected chi connectivity index (χ1v) is 6.79. The molecule has 0 bridgehead atoms. The molecule has 0 aliphatic rings. The van der Waals surface area contributed by atoms with Crippen LogP contribution in [0.4, 0.5) is 5.69 Å². The Kier molecular flexibility index (Phi) is 3.29. The van der Waals surface area contributed by atoms with Gasteiger partial charge in [-0.25, -0.2) is 0 Å². The highest BCUT2D eigenvalue weighted by Crippen LogP contribution is 2.39. The Morgan fingerprint density at radius 1 is 1.25 bits per heavy atom. The lowest BCUT2D eigenvalue weighted by Crippen LogP contribution is -1.89. The van der Waals surface area contributed by atoms with Crippen LogP contribution in [0.1, 0.15) is 10.4 Å². The molecule has 0 saturated carbocycles. The van der Waals surface area contributed by atoms with E-state index in [9.17, 15) is 0 Å². The molecule has 84 valence electrons. The summed E-state index contributed by atoms with van der Waals surface area (Å²) in [6.07, 6.45) is 0. The highest BCUT2D eigenvalue weighted by Gasteiger charge is 2.11. The van der Waals surface area contributed by atoms with Crippen LogP contribution in [0.15, 0.2) is 22.7 Å². The van der Waals surface area contributed by atoms with E-state index in [0.717, 1.165) is 15.6 Å². The molecule has 1 heterocycles. The first-order chi connectivity index (χ1) is 7.49. The van der Waals surface area contributed by atoms with E-state index in [1.54, 1.807) is 11.3 Å². The van der Waals surface area contributed by atoms with Crippen LogP contribution in [0.2, 0.25) is 5.02 Å². The molecule has 2 rings (SSSR count). The van der Waals surface area contributed by atoms with Crippen molar-refractivity contribution in [3.05, 3.63) is 38.1 Å². The summed E-state index contributed by atoms with van der Waals surface area (Å²) in [7, 11) is 0. The van der Waals surface area contributed by atoms with Gasteiger partial charge in [-0.1, -0.05) is 11.6 Å². The summed E-state index contributed by atoms with van der Waals surface area (Å²) in [5.74, 6) is 0. The molecule has 4 heteroatoms. The molecule has 1 nitrogen and oxygen atoms in total. The largest absolute Gasteiger partial charge is 0.398 e. The zero-order chi connectivity index (χ0) is 11.9. The molecule has 0 fully saturated rings. The second-order valence-electron chi connectivity index (χ2n) is 3.72. The predicted molar refractivity (Wildman–Crippen MR) is 76.4 cm³/mol. The standard InChI is InChI=1S/C12H11BrClNS/c1-6-3-11(15)10(14)5-8(6)12-9(13)4-7(2)16-12/h3-5H,15H2,1-2H3. The average molecular weight is 317 g/mol. The van der Waals surface area contributed by atoms with Gasteiger partial charge in [0.05, 0.1) is 10.7 Å². The number of hydrogen-bond donors (Lipinski definition) is 1. The van der Waals surface area contributed by atoms with E-state index >= 15 is 0 Å². The van der Waals surface area contributed by atoms with Crippen molar-refractivity contribution in [2.45, 2.75) is 13.8 Å². The number of halogens is 2. The van der Waals surface area contributed by atoms with Crippen LogP contribution in [0.5, 0.6) is 0 Å². The molecule has 0 aliphatic carbocycles. The Hall–Kier alpha value is -0.510. The quantitative estimate of drug-likeness (QED) is 0.734. The van der Waals surface area contributed by atoms with Gasteiger partial charge >= 0.3 is 0 Å². The lowest BCUT2D eigenvalue weighted by Gasteiger charge is -2.07. The normalized spacial score (nSPS) is 10.8. The zero-order valence-electron chi connectivity index (χ0n) is 8.97. The highest BCUT2D eigenvalue weighted by atomic mass is 79.9. The van der Waals surface area contributed by atoms with Crippen LogP contribution in [0.3, 0.4) is 0 Å². The van der Waals surface area contributed by atoms with Crippen molar-refractivity contribution in [1.82, 2.24) is 0 Å².